The molecule has 0 spiro atoms. The fourth-order valence-electron chi connectivity index (χ4n) is 1.86. The Labute approximate surface area is 128 Å². The van der Waals surface area contributed by atoms with Crippen molar-refractivity contribution < 1.29 is 26.7 Å². The first-order chi connectivity index (χ1) is 10.9. The van der Waals surface area contributed by atoms with Crippen LogP contribution in [0.1, 0.15) is 5.56 Å². The Morgan fingerprint density at radius 1 is 1.04 bits per heavy atom. The van der Waals surface area contributed by atoms with Crippen LogP contribution in [0.15, 0.2) is 42.5 Å². The zero-order valence-corrected chi connectivity index (χ0v) is 11.4. The number of nitriles is 1. The van der Waals surface area contributed by atoms with Crippen molar-refractivity contribution in [2.45, 2.75) is 0 Å². The maximum absolute atomic E-state index is 14.0. The van der Waals surface area contributed by atoms with Crippen LogP contribution in [0.2, 0.25) is 0 Å². The van der Waals surface area contributed by atoms with Crippen LogP contribution in [0.4, 0.5) is 22.0 Å². The third kappa shape index (κ3) is 3.86. The van der Waals surface area contributed by atoms with Gasteiger partial charge < -0.3 is 4.74 Å². The van der Waals surface area contributed by atoms with Gasteiger partial charge in [-0.1, -0.05) is 0 Å². The van der Waals surface area contributed by atoms with Gasteiger partial charge in [-0.2, -0.15) is 14.0 Å². The van der Waals surface area contributed by atoms with E-state index in [0.717, 1.165) is 18.2 Å². The molecule has 2 aromatic carbocycles. The summed E-state index contributed by atoms with van der Waals surface area (Å²) in [4.78, 5) is 0. The van der Waals surface area contributed by atoms with Crippen LogP contribution >= 0.6 is 0 Å². The lowest BCUT2D eigenvalue weighted by molar-refractivity contribution is 0.343. The van der Waals surface area contributed by atoms with Crippen LogP contribution in [-0.2, 0) is 0 Å². The molecule has 7 heteroatoms. The molecule has 2 nitrogen and oxygen atoms in total. The average molecular weight is 325 g/mol. The molecular weight excluding hydrogens is 317 g/mol. The van der Waals surface area contributed by atoms with Gasteiger partial charge in [0.1, 0.15) is 41.4 Å². The molecule has 0 N–H and O–H groups in total. The van der Waals surface area contributed by atoms with Crippen LogP contribution in [0, 0.1) is 28.8 Å². The minimum absolute atomic E-state index is 0.0154. The van der Waals surface area contributed by atoms with Crippen LogP contribution in [0.25, 0.3) is 11.1 Å². The smallest absolute Gasteiger partial charge is 0.269 e. The number of halogens is 5. The van der Waals surface area contributed by atoms with Gasteiger partial charge in [0.25, 0.3) is 6.08 Å². The maximum Gasteiger partial charge on any atom is 0.269 e. The van der Waals surface area contributed by atoms with Gasteiger partial charge in [0, 0.05) is 17.7 Å². The van der Waals surface area contributed by atoms with E-state index in [-0.39, 0.29) is 16.9 Å². The molecule has 0 unspecified atom stereocenters. The molecule has 0 saturated heterocycles. The Bertz CT molecular complexity index is 784. The van der Waals surface area contributed by atoms with Crippen LogP contribution in [0.3, 0.4) is 0 Å². The summed E-state index contributed by atoms with van der Waals surface area (Å²) in [5, 5.41) is 8.59. The standard InChI is InChI=1S/C16H8F5NO/c17-13-5-9(6-14(18)12(13)8-22)11-2-1-10(7-15(11)19)23-4-3-16(20)21/h1-3,5-7H,4H2. The number of hydrogen-bond donors (Lipinski definition) is 0. The first-order valence-corrected chi connectivity index (χ1v) is 6.25. The van der Waals surface area contributed by atoms with Crippen LogP contribution < -0.4 is 4.74 Å². The van der Waals surface area contributed by atoms with Gasteiger partial charge in [0.2, 0.25) is 0 Å². The molecule has 0 saturated carbocycles. The second-order valence-corrected chi connectivity index (χ2v) is 4.37. The quantitative estimate of drug-likeness (QED) is 0.756. The van der Waals surface area contributed by atoms with Crippen molar-refractivity contribution in [2.24, 2.45) is 0 Å². The van der Waals surface area contributed by atoms with Gasteiger partial charge in [-0.05, 0) is 29.8 Å². The van der Waals surface area contributed by atoms with Crippen LogP contribution in [-0.4, -0.2) is 6.61 Å². The minimum Gasteiger partial charge on any atom is -0.489 e. The Morgan fingerprint density at radius 3 is 2.22 bits per heavy atom. The molecule has 0 amide bonds. The normalized spacial score (nSPS) is 10.1. The Kier molecular flexibility index (Phi) is 4.96. The molecule has 118 valence electrons. The van der Waals surface area contributed by atoms with Crippen LogP contribution in [0.5, 0.6) is 5.75 Å². The first-order valence-electron chi connectivity index (χ1n) is 6.25. The van der Waals surface area contributed by atoms with Gasteiger partial charge in [-0.15, -0.1) is 0 Å². The van der Waals surface area contributed by atoms with E-state index in [4.69, 9.17) is 10.00 Å². The minimum atomic E-state index is -1.93. The van der Waals surface area contributed by atoms with Gasteiger partial charge in [0.15, 0.2) is 0 Å². The molecule has 0 heterocycles. The predicted molar refractivity (Wildman–Crippen MR) is 72.3 cm³/mol. The lowest BCUT2D eigenvalue weighted by atomic mass is 10.0. The van der Waals surface area contributed by atoms with E-state index >= 15 is 0 Å². The van der Waals surface area contributed by atoms with Crippen molar-refractivity contribution in [3.05, 3.63) is 65.5 Å². The third-order valence-corrected chi connectivity index (χ3v) is 2.89. The highest BCUT2D eigenvalue weighted by atomic mass is 19.3. The summed E-state index contributed by atoms with van der Waals surface area (Å²) in [6, 6.07) is 6.42. The zero-order chi connectivity index (χ0) is 17.0. The second kappa shape index (κ2) is 6.92. The van der Waals surface area contributed by atoms with E-state index in [0.29, 0.717) is 6.08 Å². The molecule has 23 heavy (non-hydrogen) atoms. The maximum atomic E-state index is 14.0. The van der Waals surface area contributed by atoms with Gasteiger partial charge >= 0.3 is 0 Å². The zero-order valence-electron chi connectivity index (χ0n) is 11.4. The number of ether oxygens (including phenoxy) is 1. The number of rotatable bonds is 4. The van der Waals surface area contributed by atoms with E-state index in [1.165, 1.54) is 18.2 Å². The SMILES string of the molecule is N#Cc1c(F)cc(-c2ccc(OCC=C(F)F)cc2F)cc1F. The van der Waals surface area contributed by atoms with Crippen molar-refractivity contribution in [1.29, 1.82) is 5.26 Å². The van der Waals surface area contributed by atoms with Gasteiger partial charge in [-0.25, -0.2) is 13.2 Å². The highest BCUT2D eigenvalue weighted by Crippen LogP contribution is 2.29. The van der Waals surface area contributed by atoms with E-state index in [1.807, 2.05) is 0 Å². The molecule has 2 rings (SSSR count). The lowest BCUT2D eigenvalue weighted by Crippen LogP contribution is -1.96. The Balaban J connectivity index is 2.31. The summed E-state index contributed by atoms with van der Waals surface area (Å²) >= 11 is 0. The molecule has 0 aliphatic heterocycles. The molecule has 0 bridgehead atoms. The molecular formula is C16H8F5NO. The van der Waals surface area contributed by atoms with E-state index in [1.54, 1.807) is 0 Å². The summed E-state index contributed by atoms with van der Waals surface area (Å²) in [5.41, 5.74) is -0.973. The fraction of sp³-hybridized carbons (Fsp3) is 0.0625. The summed E-state index contributed by atoms with van der Waals surface area (Å²) < 4.78 is 69.7. The molecule has 0 aromatic heterocycles. The van der Waals surface area contributed by atoms with Crippen molar-refractivity contribution >= 4 is 0 Å². The lowest BCUT2D eigenvalue weighted by Gasteiger charge is -2.08. The van der Waals surface area contributed by atoms with E-state index in [2.05, 4.69) is 0 Å². The summed E-state index contributed by atoms with van der Waals surface area (Å²) in [5.74, 6) is -3.08. The first kappa shape index (κ1) is 16.5. The molecule has 0 atom stereocenters. The largest absolute Gasteiger partial charge is 0.489 e. The van der Waals surface area contributed by atoms with Gasteiger partial charge in [-0.3, -0.25) is 0 Å². The van der Waals surface area contributed by atoms with Crippen molar-refractivity contribution in [3.8, 4) is 22.9 Å². The molecule has 0 aliphatic carbocycles. The summed E-state index contributed by atoms with van der Waals surface area (Å²) in [6.07, 6.45) is -1.41. The molecule has 2 aromatic rings. The highest BCUT2D eigenvalue weighted by Gasteiger charge is 2.14. The molecule has 0 fully saturated rings. The third-order valence-electron chi connectivity index (χ3n) is 2.89. The highest BCUT2D eigenvalue weighted by molar-refractivity contribution is 5.66. The molecule has 0 radical (unpaired) electrons. The average Bonchev–Trinajstić information content (AvgIpc) is 2.46. The fourth-order valence-corrected chi connectivity index (χ4v) is 1.86. The topological polar surface area (TPSA) is 33.0 Å². The number of benzene rings is 2. The summed E-state index contributed by atoms with van der Waals surface area (Å²) in [6.45, 7) is -0.443. The molecule has 0 aliphatic rings. The summed E-state index contributed by atoms with van der Waals surface area (Å²) in [7, 11) is 0. The Morgan fingerprint density at radius 2 is 1.70 bits per heavy atom. The number of hydrogen-bond acceptors (Lipinski definition) is 2. The monoisotopic (exact) mass is 325 g/mol. The van der Waals surface area contributed by atoms with E-state index < -0.39 is 35.7 Å². The van der Waals surface area contributed by atoms with Crippen molar-refractivity contribution in [2.75, 3.05) is 6.61 Å². The van der Waals surface area contributed by atoms with Gasteiger partial charge in [0.05, 0.1) is 0 Å². The van der Waals surface area contributed by atoms with Crippen molar-refractivity contribution in [3.63, 3.8) is 0 Å². The Hall–Kier alpha value is -2.88. The van der Waals surface area contributed by atoms with E-state index in [9.17, 15) is 22.0 Å². The second-order valence-electron chi connectivity index (χ2n) is 4.37. The van der Waals surface area contributed by atoms with Crippen molar-refractivity contribution in [1.82, 2.24) is 0 Å². The number of nitrogens with zero attached hydrogens (tertiary/aromatic N) is 1. The predicted octanol–water partition coefficient (Wildman–Crippen LogP) is 4.80.